The Morgan fingerprint density at radius 1 is 1.06 bits per heavy atom. The van der Waals surface area contributed by atoms with Crippen molar-refractivity contribution in [3.05, 3.63) is 11.6 Å². The normalized spacial score (nSPS) is 41.4. The first-order valence-corrected chi connectivity index (χ1v) is 14.7. The SMILES string of the molecule is CC(C)CCC[C@@H](C)[C@H]1CCC2C3CC=C4CC(OS(=O)(=O)O)CC[C@]4(C)C3CC[C@@]21C.N. The number of allylic oxidation sites excluding steroid dienone is 1. The zero-order valence-electron chi connectivity index (χ0n) is 21.7. The third kappa shape index (κ3) is 5.24. The molecule has 33 heavy (non-hydrogen) atoms. The molecule has 4 aliphatic rings. The maximum atomic E-state index is 11.2. The van der Waals surface area contributed by atoms with E-state index >= 15 is 0 Å². The zero-order valence-corrected chi connectivity index (χ0v) is 22.5. The molecule has 4 unspecified atom stereocenters. The smallest absolute Gasteiger partial charge is 0.344 e. The summed E-state index contributed by atoms with van der Waals surface area (Å²) < 4.78 is 36.6. The molecule has 0 aromatic rings. The van der Waals surface area contributed by atoms with E-state index in [9.17, 15) is 8.42 Å². The van der Waals surface area contributed by atoms with Gasteiger partial charge in [-0.25, -0.2) is 4.18 Å². The summed E-state index contributed by atoms with van der Waals surface area (Å²) in [6, 6.07) is 0. The van der Waals surface area contributed by atoms with Gasteiger partial charge in [-0.2, -0.15) is 8.42 Å². The van der Waals surface area contributed by atoms with Crippen molar-refractivity contribution in [1.29, 1.82) is 0 Å². The third-order valence-electron chi connectivity index (χ3n) is 10.5. The van der Waals surface area contributed by atoms with Crippen molar-refractivity contribution in [1.82, 2.24) is 6.15 Å². The highest BCUT2D eigenvalue weighted by atomic mass is 32.3. The van der Waals surface area contributed by atoms with Crippen molar-refractivity contribution in [2.45, 2.75) is 111 Å². The summed E-state index contributed by atoms with van der Waals surface area (Å²) in [6.45, 7) is 12.3. The average Bonchev–Trinajstić information content (AvgIpc) is 3.04. The highest BCUT2D eigenvalue weighted by Gasteiger charge is 2.59. The molecule has 0 aromatic heterocycles. The summed E-state index contributed by atoms with van der Waals surface area (Å²) in [5.41, 5.74) is 2.05. The van der Waals surface area contributed by atoms with Crippen molar-refractivity contribution < 1.29 is 17.2 Å². The Hall–Kier alpha value is -0.430. The first-order valence-electron chi connectivity index (χ1n) is 13.3. The minimum atomic E-state index is -4.38. The number of hydrogen-bond donors (Lipinski definition) is 2. The molecule has 5 nitrogen and oxygen atoms in total. The standard InChI is InChI=1S/C27H46O4S.H3N/c1-18(2)7-6-8-19(3)23-11-12-24-22-10-9-20-17-21(31-32(28,29)30)13-15-26(20,4)25(22)14-16-27(23,24)5;/h9,18-19,21-25H,6-8,10-17H2,1-5H3,(H,28,29,30);1H3/t19-,21?,22?,23-,24?,25?,26+,27-;/m1./s1. The van der Waals surface area contributed by atoms with Crippen LogP contribution in [-0.4, -0.2) is 19.1 Å². The fourth-order valence-corrected chi connectivity index (χ4v) is 9.41. The molecule has 3 saturated carbocycles. The second kappa shape index (κ2) is 9.91. The Morgan fingerprint density at radius 3 is 2.45 bits per heavy atom. The lowest BCUT2D eigenvalue weighted by Gasteiger charge is -2.58. The topological polar surface area (TPSA) is 98.6 Å². The Balaban J connectivity index is 0.00000306. The highest BCUT2D eigenvalue weighted by Crippen LogP contribution is 2.67. The summed E-state index contributed by atoms with van der Waals surface area (Å²) in [7, 11) is -4.38. The van der Waals surface area contributed by atoms with Crippen molar-refractivity contribution in [3.8, 4) is 0 Å². The van der Waals surface area contributed by atoms with Crippen LogP contribution in [0.25, 0.3) is 0 Å². The van der Waals surface area contributed by atoms with Gasteiger partial charge in [-0.3, -0.25) is 4.55 Å². The van der Waals surface area contributed by atoms with E-state index in [1.807, 2.05) is 0 Å². The van der Waals surface area contributed by atoms with E-state index in [0.29, 0.717) is 24.2 Å². The van der Waals surface area contributed by atoms with Gasteiger partial charge in [0.05, 0.1) is 6.10 Å². The van der Waals surface area contributed by atoms with Crippen LogP contribution in [-0.2, 0) is 14.6 Å². The molecule has 0 amide bonds. The second-order valence-electron chi connectivity index (χ2n) is 12.7. The van der Waals surface area contributed by atoms with E-state index in [1.165, 1.54) is 50.5 Å². The minimum absolute atomic E-state index is 0. The fourth-order valence-electron chi connectivity index (χ4n) is 8.91. The number of fused-ring (bicyclic) bond motifs is 5. The van der Waals surface area contributed by atoms with Crippen molar-refractivity contribution in [2.24, 2.45) is 46.3 Å². The van der Waals surface area contributed by atoms with E-state index in [0.717, 1.165) is 42.4 Å². The van der Waals surface area contributed by atoms with Crippen LogP contribution in [0.15, 0.2) is 11.6 Å². The summed E-state index contributed by atoms with van der Waals surface area (Å²) >= 11 is 0. The molecule has 0 aromatic carbocycles. The molecule has 4 rings (SSSR count). The highest BCUT2D eigenvalue weighted by molar-refractivity contribution is 7.80. The van der Waals surface area contributed by atoms with Gasteiger partial charge in [0.1, 0.15) is 0 Å². The Bertz CT molecular complexity index is 824. The monoisotopic (exact) mass is 483 g/mol. The molecule has 4 N–H and O–H groups in total. The molecule has 0 saturated heterocycles. The van der Waals surface area contributed by atoms with Crippen LogP contribution in [0.1, 0.15) is 105 Å². The molecular formula is C27H49NO4S. The summed E-state index contributed by atoms with van der Waals surface area (Å²) in [6.07, 6.45) is 15.1. The van der Waals surface area contributed by atoms with Gasteiger partial charge in [-0.15, -0.1) is 0 Å². The first kappa shape index (κ1) is 27.2. The van der Waals surface area contributed by atoms with Gasteiger partial charge in [0.2, 0.25) is 0 Å². The van der Waals surface area contributed by atoms with Gasteiger partial charge in [-0.05, 0) is 97.7 Å². The molecular weight excluding hydrogens is 434 g/mol. The first-order chi connectivity index (χ1) is 14.9. The Kier molecular flexibility index (Phi) is 8.15. The van der Waals surface area contributed by atoms with E-state index in [-0.39, 0.29) is 11.6 Å². The van der Waals surface area contributed by atoms with E-state index in [4.69, 9.17) is 8.74 Å². The Morgan fingerprint density at radius 2 is 1.79 bits per heavy atom. The molecule has 0 aliphatic heterocycles. The third-order valence-corrected chi connectivity index (χ3v) is 11.0. The van der Waals surface area contributed by atoms with Crippen LogP contribution < -0.4 is 6.15 Å². The maximum absolute atomic E-state index is 11.2. The zero-order chi connectivity index (χ0) is 23.3. The minimum Gasteiger partial charge on any atom is -0.344 e. The van der Waals surface area contributed by atoms with Crippen LogP contribution >= 0.6 is 0 Å². The predicted molar refractivity (Wildman–Crippen MR) is 134 cm³/mol. The van der Waals surface area contributed by atoms with Gasteiger partial charge in [-0.1, -0.05) is 65.5 Å². The molecule has 6 heteroatoms. The van der Waals surface area contributed by atoms with E-state index < -0.39 is 16.5 Å². The quantitative estimate of drug-likeness (QED) is 0.291. The summed E-state index contributed by atoms with van der Waals surface area (Å²) in [4.78, 5) is 0. The molecule has 192 valence electrons. The fraction of sp³-hybridized carbons (Fsp3) is 0.926. The molecule has 0 spiro atoms. The van der Waals surface area contributed by atoms with E-state index in [2.05, 4.69) is 40.7 Å². The molecule has 4 aliphatic carbocycles. The molecule has 3 fully saturated rings. The van der Waals surface area contributed by atoms with Crippen LogP contribution in [0.5, 0.6) is 0 Å². The maximum Gasteiger partial charge on any atom is 0.397 e. The largest absolute Gasteiger partial charge is 0.397 e. The summed E-state index contributed by atoms with van der Waals surface area (Å²) in [5, 5.41) is 0. The number of rotatable bonds is 7. The molecule has 0 bridgehead atoms. The second-order valence-corrected chi connectivity index (χ2v) is 13.7. The summed E-state index contributed by atoms with van der Waals surface area (Å²) in [5.74, 6) is 4.83. The van der Waals surface area contributed by atoms with Crippen molar-refractivity contribution >= 4 is 10.4 Å². The van der Waals surface area contributed by atoms with Crippen LogP contribution in [0, 0.1) is 46.3 Å². The Labute approximate surface area is 203 Å². The number of hydrogen-bond acceptors (Lipinski definition) is 4. The predicted octanol–water partition coefficient (Wildman–Crippen LogP) is 7.38. The molecule has 8 atom stereocenters. The van der Waals surface area contributed by atoms with Crippen molar-refractivity contribution in [2.75, 3.05) is 0 Å². The van der Waals surface area contributed by atoms with Gasteiger partial charge in [0.25, 0.3) is 0 Å². The lowest BCUT2D eigenvalue weighted by molar-refractivity contribution is -0.0560. The van der Waals surface area contributed by atoms with Gasteiger partial charge < -0.3 is 6.15 Å². The van der Waals surface area contributed by atoms with Crippen molar-refractivity contribution in [3.63, 3.8) is 0 Å². The lowest BCUT2D eigenvalue weighted by Crippen LogP contribution is -2.51. The van der Waals surface area contributed by atoms with Crippen LogP contribution in [0.3, 0.4) is 0 Å². The van der Waals surface area contributed by atoms with E-state index in [1.54, 1.807) is 0 Å². The molecule has 0 heterocycles. The van der Waals surface area contributed by atoms with Crippen LogP contribution in [0.4, 0.5) is 0 Å². The van der Waals surface area contributed by atoms with Crippen LogP contribution in [0.2, 0.25) is 0 Å². The van der Waals surface area contributed by atoms with Gasteiger partial charge in [0, 0.05) is 0 Å². The van der Waals surface area contributed by atoms with Gasteiger partial charge in [0.15, 0.2) is 0 Å². The lowest BCUT2D eigenvalue weighted by atomic mass is 9.47. The average molecular weight is 484 g/mol. The molecule has 0 radical (unpaired) electrons. The van der Waals surface area contributed by atoms with Gasteiger partial charge >= 0.3 is 10.4 Å².